The maximum Gasteiger partial charge on any atom is 0.243 e. The van der Waals surface area contributed by atoms with Crippen molar-refractivity contribution < 1.29 is 4.92 Å². The summed E-state index contributed by atoms with van der Waals surface area (Å²) in [4.78, 5) is 13.2. The van der Waals surface area contributed by atoms with Crippen LogP contribution in [0.1, 0.15) is 12.5 Å². The Bertz CT molecular complexity index is 587. The molecule has 0 fully saturated rings. The SMILES string of the molecule is C/C(=C/c1c[nH]c2ccc(Cl)cc12)[N+](=O)[O-]. The summed E-state index contributed by atoms with van der Waals surface area (Å²) in [7, 11) is 0. The number of nitrogens with zero attached hydrogens (tertiary/aromatic N) is 1. The topological polar surface area (TPSA) is 58.9 Å². The van der Waals surface area contributed by atoms with Gasteiger partial charge in [-0.2, -0.15) is 0 Å². The van der Waals surface area contributed by atoms with Gasteiger partial charge in [0.05, 0.1) is 4.92 Å². The van der Waals surface area contributed by atoms with Crippen LogP contribution in [0.4, 0.5) is 0 Å². The van der Waals surface area contributed by atoms with Gasteiger partial charge in [0.25, 0.3) is 0 Å². The van der Waals surface area contributed by atoms with E-state index in [1.807, 2.05) is 6.07 Å². The lowest BCUT2D eigenvalue weighted by molar-refractivity contribution is -0.422. The Morgan fingerprint density at radius 2 is 2.31 bits per heavy atom. The molecule has 82 valence electrons. The third-order valence-corrected chi connectivity index (χ3v) is 2.56. The van der Waals surface area contributed by atoms with Crippen molar-refractivity contribution in [2.75, 3.05) is 0 Å². The number of hydrogen-bond acceptors (Lipinski definition) is 2. The van der Waals surface area contributed by atoms with Crippen LogP contribution in [0.5, 0.6) is 0 Å². The van der Waals surface area contributed by atoms with Crippen LogP contribution in [0.15, 0.2) is 30.1 Å². The van der Waals surface area contributed by atoms with Crippen molar-refractivity contribution in [1.29, 1.82) is 0 Å². The number of aromatic nitrogens is 1. The average molecular weight is 237 g/mol. The first-order chi connectivity index (χ1) is 7.58. The Balaban J connectivity index is 2.57. The maximum absolute atomic E-state index is 10.5. The van der Waals surface area contributed by atoms with Crippen molar-refractivity contribution >= 4 is 28.6 Å². The highest BCUT2D eigenvalue weighted by Gasteiger charge is 2.06. The van der Waals surface area contributed by atoms with Crippen molar-refractivity contribution in [2.45, 2.75) is 6.92 Å². The predicted molar refractivity (Wildman–Crippen MR) is 64.0 cm³/mol. The quantitative estimate of drug-likeness (QED) is 0.641. The number of aromatic amines is 1. The smallest absolute Gasteiger partial charge is 0.243 e. The summed E-state index contributed by atoms with van der Waals surface area (Å²) in [6, 6.07) is 5.40. The van der Waals surface area contributed by atoms with Crippen LogP contribution in [0.2, 0.25) is 5.02 Å². The summed E-state index contributed by atoms with van der Waals surface area (Å²) >= 11 is 5.88. The lowest BCUT2D eigenvalue weighted by Crippen LogP contribution is -1.92. The third kappa shape index (κ3) is 1.92. The molecule has 0 saturated carbocycles. The molecule has 0 atom stereocenters. The molecule has 0 spiro atoms. The Morgan fingerprint density at radius 1 is 1.56 bits per heavy atom. The maximum atomic E-state index is 10.5. The second-order valence-electron chi connectivity index (χ2n) is 3.48. The van der Waals surface area contributed by atoms with E-state index < -0.39 is 4.92 Å². The Hall–Kier alpha value is -1.81. The van der Waals surface area contributed by atoms with E-state index in [4.69, 9.17) is 11.6 Å². The first-order valence-corrected chi connectivity index (χ1v) is 5.05. The van der Waals surface area contributed by atoms with Crippen LogP contribution in [-0.4, -0.2) is 9.91 Å². The normalized spacial score (nSPS) is 12.0. The van der Waals surface area contributed by atoms with Gasteiger partial charge in [-0.05, 0) is 18.2 Å². The molecular formula is C11H9ClN2O2. The van der Waals surface area contributed by atoms with E-state index in [-0.39, 0.29) is 5.70 Å². The van der Waals surface area contributed by atoms with Crippen molar-refractivity contribution in [1.82, 2.24) is 4.98 Å². The van der Waals surface area contributed by atoms with Crippen LogP contribution in [0, 0.1) is 10.1 Å². The Morgan fingerprint density at radius 3 is 3.00 bits per heavy atom. The number of fused-ring (bicyclic) bond motifs is 1. The summed E-state index contributed by atoms with van der Waals surface area (Å²) in [6.07, 6.45) is 3.25. The van der Waals surface area contributed by atoms with Gasteiger partial charge in [0.15, 0.2) is 0 Å². The zero-order chi connectivity index (χ0) is 11.7. The number of hydrogen-bond donors (Lipinski definition) is 1. The van der Waals surface area contributed by atoms with Crippen molar-refractivity contribution in [3.8, 4) is 0 Å². The zero-order valence-electron chi connectivity index (χ0n) is 8.53. The zero-order valence-corrected chi connectivity index (χ0v) is 9.28. The summed E-state index contributed by atoms with van der Waals surface area (Å²) < 4.78 is 0. The molecule has 4 nitrogen and oxygen atoms in total. The number of allylic oxidation sites excluding steroid dienone is 1. The van der Waals surface area contributed by atoms with Gasteiger partial charge in [-0.15, -0.1) is 0 Å². The molecule has 1 aromatic heterocycles. The highest BCUT2D eigenvalue weighted by molar-refractivity contribution is 6.31. The molecule has 0 unspecified atom stereocenters. The monoisotopic (exact) mass is 236 g/mol. The second-order valence-corrected chi connectivity index (χ2v) is 3.91. The largest absolute Gasteiger partial charge is 0.361 e. The van der Waals surface area contributed by atoms with Gasteiger partial charge in [0.1, 0.15) is 0 Å². The molecule has 0 aliphatic rings. The van der Waals surface area contributed by atoms with Gasteiger partial charge in [0, 0.05) is 40.7 Å². The molecule has 1 N–H and O–H groups in total. The van der Waals surface area contributed by atoms with Crippen LogP contribution in [0.25, 0.3) is 17.0 Å². The lowest BCUT2D eigenvalue weighted by Gasteiger charge is -1.93. The standard InChI is InChI=1S/C11H9ClN2O2/c1-7(14(15)16)4-8-6-13-11-3-2-9(12)5-10(8)11/h2-6,13H,1H3/b7-4-. The number of benzene rings is 1. The molecule has 1 aromatic carbocycles. The number of halogens is 1. The molecule has 2 rings (SSSR count). The second kappa shape index (κ2) is 3.98. The first kappa shape index (κ1) is 10.7. The van der Waals surface area contributed by atoms with Crippen molar-refractivity contribution in [3.05, 3.63) is 50.8 Å². The predicted octanol–water partition coefficient (Wildman–Crippen LogP) is 3.46. The first-order valence-electron chi connectivity index (χ1n) is 4.67. The number of nitrogens with one attached hydrogen (secondary N) is 1. The minimum absolute atomic E-state index is 0.0980. The molecule has 0 amide bonds. The van der Waals surface area contributed by atoms with E-state index in [9.17, 15) is 10.1 Å². The minimum atomic E-state index is -0.413. The van der Waals surface area contributed by atoms with Crippen LogP contribution < -0.4 is 0 Å². The van der Waals surface area contributed by atoms with Gasteiger partial charge >= 0.3 is 0 Å². The van der Waals surface area contributed by atoms with E-state index in [1.54, 1.807) is 18.3 Å². The molecule has 1 heterocycles. The van der Waals surface area contributed by atoms with E-state index in [0.29, 0.717) is 5.02 Å². The molecule has 0 bridgehead atoms. The molecule has 2 aromatic rings. The van der Waals surface area contributed by atoms with E-state index in [1.165, 1.54) is 13.0 Å². The van der Waals surface area contributed by atoms with Crippen LogP contribution in [-0.2, 0) is 0 Å². The Kier molecular flexibility index (Phi) is 2.66. The number of H-pyrrole nitrogens is 1. The summed E-state index contributed by atoms with van der Waals surface area (Å²) in [5, 5.41) is 12.0. The molecule has 0 aliphatic heterocycles. The highest BCUT2D eigenvalue weighted by Crippen LogP contribution is 2.24. The van der Waals surface area contributed by atoms with E-state index >= 15 is 0 Å². The van der Waals surface area contributed by atoms with Gasteiger partial charge in [-0.25, -0.2) is 0 Å². The molecule has 0 saturated heterocycles. The summed E-state index contributed by atoms with van der Waals surface area (Å²) in [5.74, 6) is 0. The summed E-state index contributed by atoms with van der Waals surface area (Å²) in [6.45, 7) is 1.46. The van der Waals surface area contributed by atoms with Gasteiger partial charge < -0.3 is 4.98 Å². The third-order valence-electron chi connectivity index (χ3n) is 2.33. The van der Waals surface area contributed by atoms with Crippen molar-refractivity contribution in [3.63, 3.8) is 0 Å². The van der Waals surface area contributed by atoms with Crippen LogP contribution in [0.3, 0.4) is 0 Å². The van der Waals surface area contributed by atoms with Crippen molar-refractivity contribution in [2.24, 2.45) is 0 Å². The molecular weight excluding hydrogens is 228 g/mol. The fraction of sp³-hybridized carbons (Fsp3) is 0.0909. The molecule has 5 heteroatoms. The molecule has 0 radical (unpaired) electrons. The molecule has 0 aliphatic carbocycles. The van der Waals surface area contributed by atoms with Gasteiger partial charge in [-0.3, -0.25) is 10.1 Å². The average Bonchev–Trinajstić information content (AvgIpc) is 2.61. The fourth-order valence-electron chi connectivity index (χ4n) is 1.51. The highest BCUT2D eigenvalue weighted by atomic mass is 35.5. The number of nitro groups is 1. The van der Waals surface area contributed by atoms with Gasteiger partial charge in [0.2, 0.25) is 5.70 Å². The van der Waals surface area contributed by atoms with E-state index in [0.717, 1.165) is 16.5 Å². The van der Waals surface area contributed by atoms with E-state index in [2.05, 4.69) is 4.98 Å². The minimum Gasteiger partial charge on any atom is -0.361 e. The Labute approximate surface area is 96.7 Å². The van der Waals surface area contributed by atoms with Gasteiger partial charge in [-0.1, -0.05) is 11.6 Å². The van der Waals surface area contributed by atoms with Crippen LogP contribution >= 0.6 is 11.6 Å². The summed E-state index contributed by atoms with van der Waals surface area (Å²) in [5.41, 5.74) is 1.78. The lowest BCUT2D eigenvalue weighted by atomic mass is 10.1. The molecule has 16 heavy (non-hydrogen) atoms. The fourth-order valence-corrected chi connectivity index (χ4v) is 1.68. The number of rotatable bonds is 2.